The number of benzene rings is 1. The Balaban J connectivity index is 1.66. The number of ether oxygens (including phenoxy) is 1. The van der Waals surface area contributed by atoms with Crippen molar-refractivity contribution >= 4 is 28.8 Å². The summed E-state index contributed by atoms with van der Waals surface area (Å²) < 4.78 is 7.59. The van der Waals surface area contributed by atoms with Gasteiger partial charge in [0.2, 0.25) is 0 Å². The number of hydrogen-bond donors (Lipinski definition) is 1. The van der Waals surface area contributed by atoms with E-state index in [1.54, 1.807) is 41.7 Å². The topological polar surface area (TPSA) is 84.7 Å². The van der Waals surface area contributed by atoms with Crippen molar-refractivity contribution in [1.29, 1.82) is 0 Å². The van der Waals surface area contributed by atoms with Crippen molar-refractivity contribution in [2.75, 3.05) is 13.2 Å². The molecular weight excluding hydrogens is 426 g/mol. The molecule has 0 aliphatic carbocycles. The largest absolute Gasteiger partial charge is 0.507 e. The molecule has 1 unspecified atom stereocenters. The molecule has 166 valence electrons. The Morgan fingerprint density at radius 3 is 2.81 bits per heavy atom. The zero-order chi connectivity index (χ0) is 22.5. The molecule has 1 fully saturated rings. The van der Waals surface area contributed by atoms with Crippen molar-refractivity contribution in [2.45, 2.75) is 32.4 Å². The quantitative estimate of drug-likeness (QED) is 0.299. The zero-order valence-corrected chi connectivity index (χ0v) is 18.6. The highest BCUT2D eigenvalue weighted by atomic mass is 32.1. The molecule has 0 saturated carbocycles. The van der Waals surface area contributed by atoms with Crippen LogP contribution in [0.4, 0.5) is 0 Å². The molecule has 4 rings (SSSR count). The van der Waals surface area contributed by atoms with Crippen molar-refractivity contribution in [3.63, 3.8) is 0 Å². The fraction of sp³-hybridized carbons (Fsp3) is 0.292. The number of Topliss-reactive ketones (excluding diaryl/α,β-unsaturated/α-hetero) is 1. The summed E-state index contributed by atoms with van der Waals surface area (Å²) in [5, 5.41) is 13.0. The Kier molecular flexibility index (Phi) is 6.70. The van der Waals surface area contributed by atoms with Crippen LogP contribution < -0.4 is 4.74 Å². The van der Waals surface area contributed by atoms with Crippen LogP contribution in [0.5, 0.6) is 5.75 Å². The van der Waals surface area contributed by atoms with Gasteiger partial charge in [0.15, 0.2) is 0 Å². The monoisotopic (exact) mass is 451 g/mol. The van der Waals surface area contributed by atoms with Gasteiger partial charge in [-0.1, -0.05) is 25.1 Å². The number of aliphatic hydroxyl groups is 1. The van der Waals surface area contributed by atoms with Crippen molar-refractivity contribution in [3.8, 4) is 5.75 Å². The summed E-state index contributed by atoms with van der Waals surface area (Å²) in [5.74, 6) is -0.823. The van der Waals surface area contributed by atoms with Gasteiger partial charge in [-0.2, -0.15) is 0 Å². The summed E-state index contributed by atoms with van der Waals surface area (Å²) in [4.78, 5) is 32.4. The standard InChI is InChI=1S/C24H25N3O4S/c1-2-13-31-18-7-3-6-17(15-18)22(28)20-21(19-8-4-14-32-19)27(24(30)23(20)29)11-5-10-26-12-9-25-16-26/h3-4,6-9,12,14-16,21,28H,2,5,10-11,13H2,1H3. The maximum absolute atomic E-state index is 13.0. The summed E-state index contributed by atoms with van der Waals surface area (Å²) in [7, 11) is 0. The van der Waals surface area contributed by atoms with Crippen LogP contribution in [0.1, 0.15) is 36.2 Å². The molecule has 0 radical (unpaired) electrons. The Hall–Kier alpha value is -3.39. The van der Waals surface area contributed by atoms with Crippen molar-refractivity contribution < 1.29 is 19.4 Å². The van der Waals surface area contributed by atoms with E-state index in [9.17, 15) is 14.7 Å². The van der Waals surface area contributed by atoms with Crippen LogP contribution in [0, 0.1) is 0 Å². The van der Waals surface area contributed by atoms with Crippen LogP contribution >= 0.6 is 11.3 Å². The Bertz CT molecular complexity index is 1110. The highest BCUT2D eigenvalue weighted by Crippen LogP contribution is 2.41. The first kappa shape index (κ1) is 21.8. The number of rotatable bonds is 9. The molecule has 1 saturated heterocycles. The maximum Gasteiger partial charge on any atom is 0.295 e. The molecule has 8 heteroatoms. The van der Waals surface area contributed by atoms with Crippen LogP contribution in [-0.4, -0.2) is 44.4 Å². The summed E-state index contributed by atoms with van der Waals surface area (Å²) in [6.07, 6.45) is 6.80. The zero-order valence-electron chi connectivity index (χ0n) is 17.8. The molecular formula is C24H25N3O4S. The van der Waals surface area contributed by atoms with Gasteiger partial charge in [-0.05, 0) is 36.4 Å². The number of aliphatic hydroxyl groups excluding tert-OH is 1. The third kappa shape index (κ3) is 4.45. The van der Waals surface area contributed by atoms with Gasteiger partial charge in [0.25, 0.3) is 11.7 Å². The second kappa shape index (κ2) is 9.82. The highest BCUT2D eigenvalue weighted by Gasteiger charge is 2.46. The third-order valence-electron chi connectivity index (χ3n) is 5.31. The van der Waals surface area contributed by atoms with Crippen molar-refractivity contribution in [3.05, 3.63) is 76.5 Å². The lowest BCUT2D eigenvalue weighted by Gasteiger charge is -2.24. The number of ketones is 1. The number of aryl methyl sites for hydroxylation is 1. The number of imidazole rings is 1. The molecule has 1 amide bonds. The molecule has 1 atom stereocenters. The second-order valence-electron chi connectivity index (χ2n) is 7.54. The minimum absolute atomic E-state index is 0.118. The molecule has 1 aromatic carbocycles. The van der Waals surface area contributed by atoms with Gasteiger partial charge in [-0.15, -0.1) is 11.3 Å². The third-order valence-corrected chi connectivity index (χ3v) is 6.23. The molecule has 32 heavy (non-hydrogen) atoms. The minimum atomic E-state index is -0.664. The second-order valence-corrected chi connectivity index (χ2v) is 8.52. The van der Waals surface area contributed by atoms with E-state index in [0.29, 0.717) is 37.4 Å². The van der Waals surface area contributed by atoms with Gasteiger partial charge < -0.3 is 19.3 Å². The number of nitrogens with zero attached hydrogens (tertiary/aromatic N) is 3. The fourth-order valence-electron chi connectivity index (χ4n) is 3.80. The molecule has 7 nitrogen and oxygen atoms in total. The SMILES string of the molecule is CCCOc1cccc(C(O)=C2C(=O)C(=O)N(CCCn3ccnc3)C2c2cccs2)c1. The van der Waals surface area contributed by atoms with E-state index in [1.807, 2.05) is 35.2 Å². The summed E-state index contributed by atoms with van der Waals surface area (Å²) in [5.41, 5.74) is 0.573. The smallest absolute Gasteiger partial charge is 0.295 e. The number of likely N-dealkylation sites (tertiary alicyclic amines) is 1. The molecule has 0 spiro atoms. The van der Waals surface area contributed by atoms with Crippen LogP contribution in [0.2, 0.25) is 0 Å². The van der Waals surface area contributed by atoms with Crippen LogP contribution in [-0.2, 0) is 16.1 Å². The molecule has 1 aliphatic rings. The van der Waals surface area contributed by atoms with Crippen LogP contribution in [0.3, 0.4) is 0 Å². The van der Waals surface area contributed by atoms with E-state index in [0.717, 1.165) is 11.3 Å². The predicted molar refractivity (Wildman–Crippen MR) is 122 cm³/mol. The lowest BCUT2D eigenvalue weighted by atomic mass is 9.99. The maximum atomic E-state index is 13.0. The molecule has 3 heterocycles. The predicted octanol–water partition coefficient (Wildman–Crippen LogP) is 4.25. The van der Waals surface area contributed by atoms with Gasteiger partial charge in [0.05, 0.1) is 24.5 Å². The number of hydrogen-bond acceptors (Lipinski definition) is 6. The average Bonchev–Trinajstić information content (AvgIpc) is 3.56. The van der Waals surface area contributed by atoms with Gasteiger partial charge in [0, 0.05) is 35.9 Å². The molecule has 3 aromatic rings. The minimum Gasteiger partial charge on any atom is -0.507 e. The summed E-state index contributed by atoms with van der Waals surface area (Å²) in [6, 6.07) is 10.1. The number of amides is 1. The number of carbonyl (C=O) groups is 2. The van der Waals surface area contributed by atoms with E-state index in [-0.39, 0.29) is 11.3 Å². The Morgan fingerprint density at radius 1 is 1.22 bits per heavy atom. The van der Waals surface area contributed by atoms with E-state index in [4.69, 9.17) is 4.74 Å². The van der Waals surface area contributed by atoms with E-state index in [1.165, 1.54) is 11.3 Å². The summed E-state index contributed by atoms with van der Waals surface area (Å²) in [6.45, 7) is 3.64. The number of aromatic nitrogens is 2. The molecule has 1 aliphatic heterocycles. The van der Waals surface area contributed by atoms with E-state index >= 15 is 0 Å². The Morgan fingerprint density at radius 2 is 2.09 bits per heavy atom. The lowest BCUT2D eigenvalue weighted by molar-refractivity contribution is -0.139. The number of thiophene rings is 1. The molecule has 2 aromatic heterocycles. The van der Waals surface area contributed by atoms with Gasteiger partial charge in [-0.25, -0.2) is 4.98 Å². The van der Waals surface area contributed by atoms with Gasteiger partial charge in [0.1, 0.15) is 11.5 Å². The lowest BCUT2D eigenvalue weighted by Crippen LogP contribution is -2.31. The Labute approximate surface area is 190 Å². The van der Waals surface area contributed by atoms with Crippen LogP contribution in [0.15, 0.2) is 66.1 Å². The van der Waals surface area contributed by atoms with Gasteiger partial charge >= 0.3 is 0 Å². The average molecular weight is 452 g/mol. The number of carbonyl (C=O) groups excluding carboxylic acids is 2. The normalized spacial score (nSPS) is 17.8. The fourth-order valence-corrected chi connectivity index (χ4v) is 4.65. The first-order valence-corrected chi connectivity index (χ1v) is 11.5. The van der Waals surface area contributed by atoms with E-state index in [2.05, 4.69) is 4.98 Å². The molecule has 0 bridgehead atoms. The van der Waals surface area contributed by atoms with Crippen molar-refractivity contribution in [1.82, 2.24) is 14.5 Å². The first-order valence-electron chi connectivity index (χ1n) is 10.6. The molecule has 1 N–H and O–H groups in total. The highest BCUT2D eigenvalue weighted by molar-refractivity contribution is 7.10. The first-order chi connectivity index (χ1) is 15.6. The van der Waals surface area contributed by atoms with E-state index < -0.39 is 17.7 Å². The van der Waals surface area contributed by atoms with Gasteiger partial charge in [-0.3, -0.25) is 9.59 Å². The summed E-state index contributed by atoms with van der Waals surface area (Å²) >= 11 is 1.46. The van der Waals surface area contributed by atoms with Crippen molar-refractivity contribution in [2.24, 2.45) is 0 Å². The van der Waals surface area contributed by atoms with Crippen LogP contribution in [0.25, 0.3) is 5.76 Å².